The Labute approximate surface area is 91.9 Å². The predicted octanol–water partition coefficient (Wildman–Crippen LogP) is 1.33. The Morgan fingerprint density at radius 3 is 1.80 bits per heavy atom. The third-order valence-corrected chi connectivity index (χ3v) is 4.61. The van der Waals surface area contributed by atoms with Crippen molar-refractivity contribution < 1.29 is 10.1 Å². The monoisotopic (exact) mass is 208 g/mol. The molecule has 4 unspecified atom stereocenters. The summed E-state index contributed by atoms with van der Waals surface area (Å²) in [6.45, 7) is 0. The largest absolute Gasteiger partial charge is 0.373 e. The van der Waals surface area contributed by atoms with Gasteiger partial charge in [-0.15, -0.1) is 0 Å². The molecule has 2 heteroatoms. The highest BCUT2D eigenvalue weighted by molar-refractivity contribution is 5.85. The van der Waals surface area contributed by atoms with Gasteiger partial charge < -0.3 is 4.74 Å². The van der Waals surface area contributed by atoms with E-state index in [-0.39, 0.29) is 0 Å². The van der Waals surface area contributed by atoms with E-state index in [9.17, 15) is 0 Å². The molecule has 3 rings (SSSR count). The Morgan fingerprint density at radius 2 is 1.27 bits per heavy atom. The molecule has 0 aromatic rings. The molecule has 0 spiro atoms. The van der Waals surface area contributed by atoms with E-state index in [2.05, 4.69) is 0 Å². The summed E-state index contributed by atoms with van der Waals surface area (Å²) in [5.74, 6) is 1.19. The van der Waals surface area contributed by atoms with Gasteiger partial charge in [-0.25, -0.2) is 0 Å². The lowest BCUT2D eigenvalue weighted by molar-refractivity contribution is -0.168. The van der Waals surface area contributed by atoms with E-state index in [1.165, 1.54) is 57.1 Å². The van der Waals surface area contributed by atoms with Crippen molar-refractivity contribution in [3.05, 3.63) is 0 Å². The van der Waals surface area contributed by atoms with Crippen LogP contribution in [0.3, 0.4) is 0 Å². The van der Waals surface area contributed by atoms with Gasteiger partial charge in [0, 0.05) is 0 Å². The molecule has 4 atom stereocenters. The summed E-state index contributed by atoms with van der Waals surface area (Å²) in [5, 5.41) is 6.38. The second-order valence-corrected chi connectivity index (χ2v) is 5.49. The molecule has 0 amide bonds. The maximum absolute atomic E-state index is 6.38. The van der Waals surface area contributed by atoms with Crippen LogP contribution < -0.4 is 5.41 Å². The highest BCUT2D eigenvalue weighted by Crippen LogP contribution is 2.40. The molecule has 2 nitrogen and oxygen atoms in total. The van der Waals surface area contributed by atoms with E-state index in [0.29, 0.717) is 24.0 Å². The molecule has 3 fully saturated rings. The molecular formula is C13H22NO+. The first-order chi connectivity index (χ1) is 7.36. The molecule has 84 valence electrons. The van der Waals surface area contributed by atoms with Crippen molar-refractivity contribution in [2.75, 3.05) is 0 Å². The third-order valence-electron chi connectivity index (χ3n) is 4.61. The Morgan fingerprint density at radius 1 is 0.800 bits per heavy atom. The van der Waals surface area contributed by atoms with Crippen LogP contribution >= 0.6 is 0 Å². The predicted molar refractivity (Wildman–Crippen MR) is 59.5 cm³/mol. The summed E-state index contributed by atoms with van der Waals surface area (Å²) in [6, 6.07) is 0. The summed E-state index contributed by atoms with van der Waals surface area (Å²) in [7, 11) is 0. The van der Waals surface area contributed by atoms with Crippen molar-refractivity contribution in [2.24, 2.45) is 11.8 Å². The average Bonchev–Trinajstić information content (AvgIpc) is 2.30. The van der Waals surface area contributed by atoms with Crippen LogP contribution in [0.5, 0.6) is 0 Å². The summed E-state index contributed by atoms with van der Waals surface area (Å²) in [5.41, 5.74) is 1.30. The lowest BCUT2D eigenvalue weighted by Crippen LogP contribution is -2.60. The Hall–Kier alpha value is -0.370. The highest BCUT2D eigenvalue weighted by Gasteiger charge is 2.46. The molecule has 0 aromatic carbocycles. The summed E-state index contributed by atoms with van der Waals surface area (Å²) < 4.78 is 6.26. The molecule has 1 aliphatic heterocycles. The third kappa shape index (κ3) is 1.63. The van der Waals surface area contributed by atoms with Crippen molar-refractivity contribution in [1.82, 2.24) is 0 Å². The van der Waals surface area contributed by atoms with Gasteiger partial charge in [-0.05, 0) is 25.7 Å². The van der Waals surface area contributed by atoms with E-state index in [1.807, 2.05) is 0 Å². The lowest BCUT2D eigenvalue weighted by Gasteiger charge is -2.43. The van der Waals surface area contributed by atoms with Crippen LogP contribution in [0.4, 0.5) is 0 Å². The maximum Gasteiger partial charge on any atom is 0.160 e. The van der Waals surface area contributed by atoms with Crippen LogP contribution in [0.15, 0.2) is 0 Å². The van der Waals surface area contributed by atoms with Gasteiger partial charge in [-0.3, -0.25) is 5.41 Å². The van der Waals surface area contributed by atoms with Crippen molar-refractivity contribution in [1.29, 1.82) is 0 Å². The number of rotatable bonds is 0. The zero-order valence-electron chi connectivity index (χ0n) is 9.45. The molecule has 15 heavy (non-hydrogen) atoms. The van der Waals surface area contributed by atoms with E-state index >= 15 is 0 Å². The fourth-order valence-electron chi connectivity index (χ4n) is 3.78. The molecular weight excluding hydrogens is 186 g/mol. The first-order valence-corrected chi connectivity index (χ1v) is 6.64. The standard InChI is InChI=1S/C13H21NO/c14-13-9-5-1-3-7-11(9)15-12-8-4-2-6-10(12)13/h9-12,14H,1-8H2/p+1. The lowest BCUT2D eigenvalue weighted by atomic mass is 9.71. The molecule has 3 aliphatic rings. The normalized spacial score (nSPS) is 45.7. The molecule has 1 heterocycles. The van der Waals surface area contributed by atoms with Gasteiger partial charge in [0.05, 0.1) is 24.0 Å². The van der Waals surface area contributed by atoms with Crippen molar-refractivity contribution >= 4 is 5.71 Å². The van der Waals surface area contributed by atoms with Gasteiger partial charge in [0.15, 0.2) is 5.71 Å². The van der Waals surface area contributed by atoms with Crippen LogP contribution in [-0.2, 0) is 4.74 Å². The van der Waals surface area contributed by atoms with Crippen molar-refractivity contribution in [3.8, 4) is 0 Å². The zero-order chi connectivity index (χ0) is 10.3. The second kappa shape index (κ2) is 3.89. The summed E-state index contributed by atoms with van der Waals surface area (Å²) >= 11 is 0. The van der Waals surface area contributed by atoms with Crippen molar-refractivity contribution in [2.45, 2.75) is 63.6 Å². The number of hydrogen-bond acceptors (Lipinski definition) is 1. The minimum Gasteiger partial charge on any atom is -0.373 e. The van der Waals surface area contributed by atoms with Crippen LogP contribution in [0.2, 0.25) is 0 Å². The first-order valence-electron chi connectivity index (χ1n) is 6.64. The quantitative estimate of drug-likeness (QED) is 0.640. The van der Waals surface area contributed by atoms with E-state index in [4.69, 9.17) is 10.1 Å². The summed E-state index contributed by atoms with van der Waals surface area (Å²) in [4.78, 5) is 0. The molecule has 0 radical (unpaired) electrons. The van der Waals surface area contributed by atoms with Gasteiger partial charge >= 0.3 is 0 Å². The maximum atomic E-state index is 6.38. The Kier molecular flexibility index (Phi) is 2.55. The number of fused-ring (bicyclic) bond motifs is 2. The van der Waals surface area contributed by atoms with E-state index < -0.39 is 0 Å². The van der Waals surface area contributed by atoms with E-state index in [0.717, 1.165) is 0 Å². The molecule has 1 saturated heterocycles. The smallest absolute Gasteiger partial charge is 0.160 e. The zero-order valence-corrected chi connectivity index (χ0v) is 9.45. The van der Waals surface area contributed by atoms with Gasteiger partial charge in [0.1, 0.15) is 0 Å². The Bertz CT molecular complexity index is 239. The molecule has 0 aromatic heterocycles. The van der Waals surface area contributed by atoms with E-state index in [1.54, 1.807) is 0 Å². The minimum absolute atomic E-state index is 0.470. The number of hydrogen-bond donors (Lipinski definition) is 1. The fraction of sp³-hybridized carbons (Fsp3) is 0.923. The fourth-order valence-corrected chi connectivity index (χ4v) is 3.78. The van der Waals surface area contributed by atoms with Crippen molar-refractivity contribution in [3.63, 3.8) is 0 Å². The molecule has 2 aliphatic carbocycles. The minimum atomic E-state index is 0.470. The van der Waals surface area contributed by atoms with Crippen LogP contribution in [0, 0.1) is 11.8 Å². The van der Waals surface area contributed by atoms with Crippen LogP contribution in [0.25, 0.3) is 0 Å². The van der Waals surface area contributed by atoms with Gasteiger partial charge in [-0.1, -0.05) is 25.7 Å². The first kappa shape index (κ1) is 9.83. The SMILES string of the molecule is [NH2+]=C1C2CCCCC2OC2CCCCC12. The van der Waals surface area contributed by atoms with Crippen LogP contribution in [-0.4, -0.2) is 17.9 Å². The molecule has 0 bridgehead atoms. The molecule has 2 saturated carbocycles. The van der Waals surface area contributed by atoms with Gasteiger partial charge in [0.25, 0.3) is 0 Å². The highest BCUT2D eigenvalue weighted by atomic mass is 16.5. The van der Waals surface area contributed by atoms with Gasteiger partial charge in [0.2, 0.25) is 0 Å². The number of nitrogens with two attached hydrogens (primary N) is 1. The average molecular weight is 208 g/mol. The second-order valence-electron chi connectivity index (χ2n) is 5.49. The Balaban J connectivity index is 1.79. The summed E-state index contributed by atoms with van der Waals surface area (Å²) in [6.07, 6.45) is 11.4. The van der Waals surface area contributed by atoms with Gasteiger partial charge in [-0.2, -0.15) is 0 Å². The molecule has 2 N–H and O–H groups in total. The van der Waals surface area contributed by atoms with Crippen LogP contribution in [0.1, 0.15) is 51.4 Å². The number of ether oxygens (including phenoxy) is 1. The topological polar surface area (TPSA) is 34.8 Å².